The predicted octanol–water partition coefficient (Wildman–Crippen LogP) is 2.53. The number of ether oxygens (including phenoxy) is 2. The number of nitrogens with zero attached hydrogens (tertiary/aromatic N) is 3. The fourth-order valence-electron chi connectivity index (χ4n) is 2.82. The molecule has 0 saturated carbocycles. The molecule has 1 aromatic heterocycles. The van der Waals surface area contributed by atoms with Gasteiger partial charge in [-0.25, -0.2) is 0 Å². The van der Waals surface area contributed by atoms with Gasteiger partial charge in [-0.1, -0.05) is 6.07 Å². The van der Waals surface area contributed by atoms with Gasteiger partial charge in [-0.3, -0.25) is 4.79 Å². The first-order valence-corrected chi connectivity index (χ1v) is 7.78. The molecular weight excluding hydrogens is 302 g/mol. The maximum atomic E-state index is 12.5. The van der Waals surface area contributed by atoms with E-state index < -0.39 is 0 Å². The fraction of sp³-hybridized carbons (Fsp3) is 0.400. The summed E-state index contributed by atoms with van der Waals surface area (Å²) < 4.78 is 18.6. The first kappa shape index (κ1) is 14.8. The van der Waals surface area contributed by atoms with Gasteiger partial charge in [0.2, 0.25) is 0 Å². The first-order chi connectivity index (χ1) is 10.7. The zero-order valence-corrected chi connectivity index (χ0v) is 13.3. The van der Waals surface area contributed by atoms with E-state index in [1.54, 1.807) is 14.2 Å². The molecule has 1 aliphatic heterocycles. The van der Waals surface area contributed by atoms with Gasteiger partial charge in [0.15, 0.2) is 17.2 Å². The van der Waals surface area contributed by atoms with Crippen LogP contribution in [0.5, 0.6) is 11.5 Å². The van der Waals surface area contributed by atoms with Gasteiger partial charge in [0, 0.05) is 6.54 Å². The topological polar surface area (TPSA) is 64.5 Å². The minimum atomic E-state index is -0.0639. The number of aromatic nitrogens is 2. The third-order valence-electron chi connectivity index (χ3n) is 3.89. The molecule has 7 heteroatoms. The SMILES string of the molecule is COc1ccc([C@@H]2CCCN2C(=O)c2cnsn2)cc1OC. The van der Waals surface area contributed by atoms with Crippen LogP contribution in [0.4, 0.5) is 0 Å². The molecule has 1 aliphatic rings. The van der Waals surface area contributed by atoms with Crippen LogP contribution >= 0.6 is 11.7 Å². The number of carbonyl (C=O) groups excluding carboxylic acids is 1. The lowest BCUT2D eigenvalue weighted by atomic mass is 10.0. The van der Waals surface area contributed by atoms with Gasteiger partial charge in [-0.15, -0.1) is 0 Å². The Kier molecular flexibility index (Phi) is 4.24. The highest BCUT2D eigenvalue weighted by Crippen LogP contribution is 2.37. The number of methoxy groups -OCH3 is 2. The highest BCUT2D eigenvalue weighted by Gasteiger charge is 2.32. The predicted molar refractivity (Wildman–Crippen MR) is 82.5 cm³/mol. The summed E-state index contributed by atoms with van der Waals surface area (Å²) in [5, 5.41) is 0. The second-order valence-electron chi connectivity index (χ2n) is 5.06. The van der Waals surface area contributed by atoms with Gasteiger partial charge in [0.05, 0.1) is 38.2 Å². The molecule has 6 nitrogen and oxygen atoms in total. The highest BCUT2D eigenvalue weighted by molar-refractivity contribution is 6.99. The number of likely N-dealkylation sites (tertiary alicyclic amines) is 1. The van der Waals surface area contributed by atoms with E-state index in [0.717, 1.165) is 36.7 Å². The van der Waals surface area contributed by atoms with E-state index in [1.807, 2.05) is 23.1 Å². The summed E-state index contributed by atoms with van der Waals surface area (Å²) in [6, 6.07) is 5.83. The molecule has 3 rings (SSSR count). The number of rotatable bonds is 4. The molecule has 1 aromatic carbocycles. The molecule has 1 fully saturated rings. The van der Waals surface area contributed by atoms with Crippen molar-refractivity contribution in [3.63, 3.8) is 0 Å². The molecule has 0 spiro atoms. The van der Waals surface area contributed by atoms with Gasteiger partial charge >= 0.3 is 0 Å². The van der Waals surface area contributed by atoms with Gasteiger partial charge in [-0.2, -0.15) is 8.75 Å². The molecular formula is C15H17N3O3S. The fourth-order valence-corrected chi connectivity index (χ4v) is 3.23. The van der Waals surface area contributed by atoms with Crippen LogP contribution in [0.3, 0.4) is 0 Å². The van der Waals surface area contributed by atoms with E-state index in [1.165, 1.54) is 6.20 Å². The summed E-state index contributed by atoms with van der Waals surface area (Å²) in [7, 11) is 3.22. The normalized spacial score (nSPS) is 17.5. The Morgan fingerprint density at radius 2 is 2.14 bits per heavy atom. The van der Waals surface area contributed by atoms with E-state index in [-0.39, 0.29) is 11.9 Å². The molecule has 0 radical (unpaired) electrons. The van der Waals surface area contributed by atoms with Gasteiger partial charge < -0.3 is 14.4 Å². The first-order valence-electron chi connectivity index (χ1n) is 7.05. The molecule has 116 valence electrons. The lowest BCUT2D eigenvalue weighted by Crippen LogP contribution is -2.30. The summed E-state index contributed by atoms with van der Waals surface area (Å²) in [6.07, 6.45) is 3.43. The maximum Gasteiger partial charge on any atom is 0.275 e. The summed E-state index contributed by atoms with van der Waals surface area (Å²) in [6.45, 7) is 0.732. The minimum Gasteiger partial charge on any atom is -0.493 e. The second-order valence-corrected chi connectivity index (χ2v) is 5.62. The average Bonchev–Trinajstić information content (AvgIpc) is 3.24. The average molecular weight is 319 g/mol. The van der Waals surface area contributed by atoms with Crippen LogP contribution in [0.1, 0.15) is 34.9 Å². The van der Waals surface area contributed by atoms with Crippen molar-refractivity contribution in [3.05, 3.63) is 35.7 Å². The van der Waals surface area contributed by atoms with E-state index in [4.69, 9.17) is 9.47 Å². The van der Waals surface area contributed by atoms with Crippen molar-refractivity contribution in [1.29, 1.82) is 0 Å². The van der Waals surface area contributed by atoms with Crippen molar-refractivity contribution < 1.29 is 14.3 Å². The Balaban J connectivity index is 1.88. The van der Waals surface area contributed by atoms with Gasteiger partial charge in [0.1, 0.15) is 0 Å². The summed E-state index contributed by atoms with van der Waals surface area (Å²) in [4.78, 5) is 14.4. The molecule has 1 atom stereocenters. The standard InChI is InChI=1S/C15H17N3O3S/c1-20-13-6-5-10(8-14(13)21-2)12-4-3-7-18(12)15(19)11-9-16-22-17-11/h5-6,8-9,12H,3-4,7H2,1-2H3/t12-/m0/s1. The van der Waals surface area contributed by atoms with E-state index in [9.17, 15) is 4.79 Å². The zero-order chi connectivity index (χ0) is 15.5. The molecule has 0 N–H and O–H groups in total. The molecule has 1 amide bonds. The number of hydrogen-bond acceptors (Lipinski definition) is 6. The van der Waals surface area contributed by atoms with Crippen LogP contribution in [0, 0.1) is 0 Å². The van der Waals surface area contributed by atoms with Crippen molar-refractivity contribution in [1.82, 2.24) is 13.6 Å². The monoisotopic (exact) mass is 319 g/mol. The van der Waals surface area contributed by atoms with Crippen LogP contribution in [-0.2, 0) is 0 Å². The van der Waals surface area contributed by atoms with Gasteiger partial charge in [-0.05, 0) is 30.5 Å². The molecule has 0 bridgehead atoms. The third-order valence-corrected chi connectivity index (χ3v) is 4.36. The summed E-state index contributed by atoms with van der Waals surface area (Å²) >= 11 is 1.05. The Hall–Kier alpha value is -2.15. The smallest absolute Gasteiger partial charge is 0.275 e. The summed E-state index contributed by atoms with van der Waals surface area (Å²) in [5.41, 5.74) is 1.46. The molecule has 0 unspecified atom stereocenters. The lowest BCUT2D eigenvalue weighted by Gasteiger charge is -2.24. The van der Waals surface area contributed by atoms with Gasteiger partial charge in [0.25, 0.3) is 5.91 Å². The van der Waals surface area contributed by atoms with Crippen molar-refractivity contribution in [2.75, 3.05) is 20.8 Å². The molecule has 0 aliphatic carbocycles. The number of hydrogen-bond donors (Lipinski definition) is 0. The largest absolute Gasteiger partial charge is 0.493 e. The quantitative estimate of drug-likeness (QED) is 0.866. The minimum absolute atomic E-state index is 0.0361. The summed E-state index contributed by atoms with van der Waals surface area (Å²) in [5.74, 6) is 1.30. The van der Waals surface area contributed by atoms with Crippen LogP contribution in [0.2, 0.25) is 0 Å². The van der Waals surface area contributed by atoms with Crippen LogP contribution in [-0.4, -0.2) is 40.3 Å². The van der Waals surface area contributed by atoms with Crippen LogP contribution < -0.4 is 9.47 Å². The molecule has 1 saturated heterocycles. The number of amides is 1. The van der Waals surface area contributed by atoms with Crippen molar-refractivity contribution >= 4 is 17.6 Å². The maximum absolute atomic E-state index is 12.5. The number of benzene rings is 1. The van der Waals surface area contributed by atoms with Crippen molar-refractivity contribution in [3.8, 4) is 11.5 Å². The third kappa shape index (κ3) is 2.64. The Labute approximate surface area is 133 Å². The Bertz CT molecular complexity index is 660. The lowest BCUT2D eigenvalue weighted by molar-refractivity contribution is 0.0730. The van der Waals surface area contributed by atoms with Crippen molar-refractivity contribution in [2.24, 2.45) is 0 Å². The van der Waals surface area contributed by atoms with Crippen LogP contribution in [0.15, 0.2) is 24.4 Å². The van der Waals surface area contributed by atoms with E-state index in [0.29, 0.717) is 17.2 Å². The zero-order valence-electron chi connectivity index (χ0n) is 12.5. The Morgan fingerprint density at radius 1 is 1.32 bits per heavy atom. The molecule has 22 heavy (non-hydrogen) atoms. The number of carbonyl (C=O) groups is 1. The van der Waals surface area contributed by atoms with E-state index >= 15 is 0 Å². The van der Waals surface area contributed by atoms with Crippen molar-refractivity contribution in [2.45, 2.75) is 18.9 Å². The highest BCUT2D eigenvalue weighted by atomic mass is 32.1. The van der Waals surface area contributed by atoms with Crippen LogP contribution in [0.25, 0.3) is 0 Å². The second kappa shape index (κ2) is 6.31. The molecule has 2 heterocycles. The Morgan fingerprint density at radius 3 is 2.82 bits per heavy atom. The van der Waals surface area contributed by atoms with E-state index in [2.05, 4.69) is 8.75 Å². The molecule has 2 aromatic rings.